The molecule has 174 valence electrons. The van der Waals surface area contributed by atoms with Crippen LogP contribution in [-0.2, 0) is 16.4 Å². The van der Waals surface area contributed by atoms with Crippen LogP contribution in [0.2, 0.25) is 0 Å². The van der Waals surface area contributed by atoms with Gasteiger partial charge in [-0.15, -0.1) is 0 Å². The van der Waals surface area contributed by atoms with E-state index in [-0.39, 0.29) is 35.0 Å². The average Bonchev–Trinajstić information content (AvgIpc) is 2.77. The smallest absolute Gasteiger partial charge is 0.407 e. The Hall–Kier alpha value is -3.11. The average molecular weight is 465 g/mol. The van der Waals surface area contributed by atoms with Crippen molar-refractivity contribution in [2.45, 2.75) is 30.6 Å². The van der Waals surface area contributed by atoms with Crippen LogP contribution in [-0.4, -0.2) is 57.6 Å². The number of methoxy groups -OCH3 is 2. The number of primary sulfonamides is 1. The molecule has 3 N–H and O–H groups in total. The van der Waals surface area contributed by atoms with E-state index in [1.807, 2.05) is 24.3 Å². The quantitative estimate of drug-likeness (QED) is 0.364. The molecule has 9 nitrogen and oxygen atoms in total. The van der Waals surface area contributed by atoms with Crippen LogP contribution < -0.4 is 14.6 Å². The lowest BCUT2D eigenvalue weighted by atomic mass is 10.0. The predicted molar refractivity (Wildman–Crippen MR) is 119 cm³/mol. The van der Waals surface area contributed by atoms with Crippen LogP contribution in [0.15, 0.2) is 47.4 Å². The maximum absolute atomic E-state index is 12.5. The largest absolute Gasteiger partial charge is 0.496 e. The fourth-order valence-electron chi connectivity index (χ4n) is 3.27. The van der Waals surface area contributed by atoms with Crippen molar-refractivity contribution < 1.29 is 32.6 Å². The number of nitrogens with two attached hydrogens (primary N) is 1. The van der Waals surface area contributed by atoms with Crippen LogP contribution in [0.5, 0.6) is 11.5 Å². The first-order valence-electron chi connectivity index (χ1n) is 10.0. The fraction of sp³-hybridized carbons (Fsp3) is 0.364. The Balaban J connectivity index is 1.90. The van der Waals surface area contributed by atoms with Gasteiger partial charge >= 0.3 is 6.09 Å². The molecule has 0 aliphatic rings. The molecule has 0 aliphatic heterocycles. The summed E-state index contributed by atoms with van der Waals surface area (Å²) < 4.78 is 33.7. The summed E-state index contributed by atoms with van der Waals surface area (Å²) in [6.07, 6.45) is 0.573. The molecule has 0 unspecified atom stereocenters. The van der Waals surface area contributed by atoms with E-state index in [1.165, 1.54) is 30.2 Å². The Morgan fingerprint density at radius 1 is 1.00 bits per heavy atom. The Morgan fingerprint density at radius 2 is 1.69 bits per heavy atom. The van der Waals surface area contributed by atoms with Crippen LogP contribution in [0.25, 0.3) is 0 Å². The van der Waals surface area contributed by atoms with Crippen LogP contribution in [0.3, 0.4) is 0 Å². The maximum atomic E-state index is 12.5. The van der Waals surface area contributed by atoms with Gasteiger partial charge in [-0.05, 0) is 49.1 Å². The number of carbonyl (C=O) groups excluding carboxylic acids is 1. The summed E-state index contributed by atoms with van der Waals surface area (Å²) in [6, 6.07) is 11.5. The summed E-state index contributed by atoms with van der Waals surface area (Å²) in [6.45, 7) is 0.586. The molecule has 1 amide bonds. The van der Waals surface area contributed by atoms with Gasteiger partial charge in [0.2, 0.25) is 10.0 Å². The number of carbonyl (C=O) groups is 2. The minimum Gasteiger partial charge on any atom is -0.496 e. The molecule has 10 heteroatoms. The van der Waals surface area contributed by atoms with Crippen LogP contribution in [0.1, 0.15) is 35.2 Å². The third-order valence-corrected chi connectivity index (χ3v) is 5.92. The van der Waals surface area contributed by atoms with Crippen molar-refractivity contribution in [3.63, 3.8) is 0 Å². The van der Waals surface area contributed by atoms with Crippen molar-refractivity contribution >= 4 is 21.9 Å². The SMILES string of the molecule is COc1ccccc1CCN(CCCCC(=O)c1ccc(OC)c(S(N)(=O)=O)c1)C(=O)O. The molecule has 0 fully saturated rings. The number of amides is 1. The van der Waals surface area contributed by atoms with Gasteiger partial charge in [0, 0.05) is 25.1 Å². The Bertz CT molecular complexity index is 1050. The number of rotatable bonds is 12. The van der Waals surface area contributed by atoms with E-state index in [4.69, 9.17) is 14.6 Å². The third-order valence-electron chi connectivity index (χ3n) is 4.99. The number of carboxylic acid groups (broad SMARTS) is 1. The summed E-state index contributed by atoms with van der Waals surface area (Å²) >= 11 is 0. The van der Waals surface area contributed by atoms with Gasteiger partial charge < -0.3 is 19.5 Å². The molecular weight excluding hydrogens is 436 g/mol. The minimum atomic E-state index is -4.04. The van der Waals surface area contributed by atoms with E-state index in [9.17, 15) is 23.1 Å². The number of hydrogen-bond acceptors (Lipinski definition) is 6. The van der Waals surface area contributed by atoms with Crippen LogP contribution in [0.4, 0.5) is 4.79 Å². The molecule has 2 rings (SSSR count). The molecule has 2 aromatic rings. The van der Waals surface area contributed by atoms with Gasteiger partial charge in [0.25, 0.3) is 0 Å². The fourth-order valence-corrected chi connectivity index (χ4v) is 4.00. The molecular formula is C22H28N2O7S. The highest BCUT2D eigenvalue weighted by Gasteiger charge is 2.18. The van der Waals surface area contributed by atoms with E-state index >= 15 is 0 Å². The van der Waals surface area contributed by atoms with Gasteiger partial charge in [-0.3, -0.25) is 4.79 Å². The van der Waals surface area contributed by atoms with Crippen LogP contribution >= 0.6 is 0 Å². The number of para-hydroxylation sites is 1. The first-order chi connectivity index (χ1) is 15.2. The lowest BCUT2D eigenvalue weighted by molar-refractivity contribution is 0.0978. The topological polar surface area (TPSA) is 136 Å². The highest BCUT2D eigenvalue weighted by molar-refractivity contribution is 7.89. The molecule has 0 aromatic heterocycles. The summed E-state index contributed by atoms with van der Waals surface area (Å²) in [4.78, 5) is 25.1. The van der Waals surface area contributed by atoms with Gasteiger partial charge in [-0.25, -0.2) is 18.4 Å². The van der Waals surface area contributed by atoms with Crippen LogP contribution in [0, 0.1) is 0 Å². The lowest BCUT2D eigenvalue weighted by Crippen LogP contribution is -2.32. The molecule has 0 saturated carbocycles. The molecule has 0 radical (unpaired) electrons. The number of benzene rings is 2. The molecule has 0 aliphatic carbocycles. The highest BCUT2D eigenvalue weighted by atomic mass is 32.2. The zero-order chi connectivity index (χ0) is 23.7. The molecule has 0 spiro atoms. The maximum Gasteiger partial charge on any atom is 0.407 e. The van der Waals surface area contributed by atoms with Crippen molar-refractivity contribution in [3.8, 4) is 11.5 Å². The molecule has 32 heavy (non-hydrogen) atoms. The van der Waals surface area contributed by atoms with E-state index in [2.05, 4.69) is 0 Å². The van der Waals surface area contributed by atoms with Crippen molar-refractivity contribution in [2.24, 2.45) is 5.14 Å². The second kappa shape index (κ2) is 11.5. The number of ketones is 1. The molecule has 0 bridgehead atoms. The number of sulfonamides is 1. The van der Waals surface area contributed by atoms with Crippen molar-refractivity contribution in [2.75, 3.05) is 27.3 Å². The molecule has 0 atom stereocenters. The van der Waals surface area contributed by atoms with Gasteiger partial charge in [-0.2, -0.15) is 0 Å². The van der Waals surface area contributed by atoms with E-state index in [1.54, 1.807) is 7.11 Å². The molecule has 2 aromatic carbocycles. The second-order valence-electron chi connectivity index (χ2n) is 7.12. The molecule has 0 saturated heterocycles. The Morgan fingerprint density at radius 3 is 2.31 bits per heavy atom. The van der Waals surface area contributed by atoms with E-state index in [0.29, 0.717) is 31.6 Å². The normalized spacial score (nSPS) is 11.1. The van der Waals surface area contributed by atoms with Gasteiger partial charge in [0.1, 0.15) is 16.4 Å². The first-order valence-corrected chi connectivity index (χ1v) is 11.6. The number of ether oxygens (including phenoxy) is 2. The second-order valence-corrected chi connectivity index (χ2v) is 8.65. The van der Waals surface area contributed by atoms with Crippen molar-refractivity contribution in [3.05, 3.63) is 53.6 Å². The van der Waals surface area contributed by atoms with Gasteiger partial charge in [0.05, 0.1) is 14.2 Å². The monoisotopic (exact) mass is 464 g/mol. The number of nitrogens with zero attached hydrogens (tertiary/aromatic N) is 1. The summed E-state index contributed by atoms with van der Waals surface area (Å²) in [5.41, 5.74) is 1.13. The number of Topliss-reactive ketones (excluding diaryl/α,β-unsaturated/α-hetero) is 1. The summed E-state index contributed by atoms with van der Waals surface area (Å²) in [5.74, 6) is 0.520. The van der Waals surface area contributed by atoms with Crippen molar-refractivity contribution in [1.82, 2.24) is 4.90 Å². The van der Waals surface area contributed by atoms with Crippen molar-refractivity contribution in [1.29, 1.82) is 0 Å². The Labute approximate surface area is 187 Å². The zero-order valence-corrected chi connectivity index (χ0v) is 18.9. The first kappa shape index (κ1) is 25.2. The number of hydrogen-bond donors (Lipinski definition) is 2. The highest BCUT2D eigenvalue weighted by Crippen LogP contribution is 2.24. The summed E-state index contributed by atoms with van der Waals surface area (Å²) in [7, 11) is -1.16. The zero-order valence-electron chi connectivity index (χ0n) is 18.1. The Kier molecular flexibility index (Phi) is 9.03. The molecule has 0 heterocycles. The predicted octanol–water partition coefficient (Wildman–Crippen LogP) is 2.93. The summed E-state index contributed by atoms with van der Waals surface area (Å²) in [5, 5.41) is 14.7. The van der Waals surface area contributed by atoms with E-state index in [0.717, 1.165) is 5.56 Å². The standard InChI is InChI=1S/C22H28N2O7S/c1-30-19-9-4-3-7-16(19)12-14-24(22(26)27)13-6-5-8-18(25)17-10-11-20(31-2)21(15-17)32(23,28)29/h3-4,7,9-11,15H,5-6,8,12-14H2,1-2H3,(H,26,27)(H2,23,28,29). The minimum absolute atomic E-state index is 0.0659. The van der Waals surface area contributed by atoms with E-state index < -0.39 is 16.1 Å². The third kappa shape index (κ3) is 6.96. The number of unbranched alkanes of at least 4 members (excludes halogenated alkanes) is 1. The van der Waals surface area contributed by atoms with Gasteiger partial charge in [0.15, 0.2) is 5.78 Å². The van der Waals surface area contributed by atoms with Gasteiger partial charge in [-0.1, -0.05) is 18.2 Å². The lowest BCUT2D eigenvalue weighted by Gasteiger charge is -2.19.